The second kappa shape index (κ2) is 6.54. The molecule has 0 saturated carbocycles. The van der Waals surface area contributed by atoms with Gasteiger partial charge >= 0.3 is 0 Å². The van der Waals surface area contributed by atoms with Crippen LogP contribution in [0.3, 0.4) is 0 Å². The van der Waals surface area contributed by atoms with E-state index in [9.17, 15) is 0 Å². The zero-order valence-corrected chi connectivity index (χ0v) is 13.5. The molecule has 5 heteroatoms. The van der Waals surface area contributed by atoms with E-state index in [2.05, 4.69) is 45.0 Å². The lowest BCUT2D eigenvalue weighted by molar-refractivity contribution is 0.568. The Morgan fingerprint density at radius 1 is 1.33 bits per heavy atom. The van der Waals surface area contributed by atoms with E-state index in [4.69, 9.17) is 4.98 Å². The van der Waals surface area contributed by atoms with Gasteiger partial charge in [-0.2, -0.15) is 11.3 Å². The Kier molecular flexibility index (Phi) is 4.51. The molecule has 0 spiro atoms. The standard InChI is InChI=1S/C16H22N4S/c1-12-9-15(10-17-13(2)14-5-8-21-11-14)19-16(18-12)20-6-3-4-7-20/h5,8-9,11,13,17H,3-4,6-7,10H2,1-2H3. The summed E-state index contributed by atoms with van der Waals surface area (Å²) in [5.74, 6) is 0.896. The molecule has 1 aliphatic heterocycles. The predicted octanol–water partition coefficient (Wildman–Crippen LogP) is 3.30. The van der Waals surface area contributed by atoms with Crippen molar-refractivity contribution in [1.82, 2.24) is 15.3 Å². The van der Waals surface area contributed by atoms with Gasteiger partial charge in [-0.3, -0.25) is 0 Å². The van der Waals surface area contributed by atoms with E-state index in [-0.39, 0.29) is 0 Å². The summed E-state index contributed by atoms with van der Waals surface area (Å²) >= 11 is 1.74. The van der Waals surface area contributed by atoms with Crippen molar-refractivity contribution in [1.29, 1.82) is 0 Å². The summed E-state index contributed by atoms with van der Waals surface area (Å²) in [7, 11) is 0. The quantitative estimate of drug-likeness (QED) is 0.920. The van der Waals surface area contributed by atoms with Gasteiger partial charge in [0.1, 0.15) is 0 Å². The van der Waals surface area contributed by atoms with Crippen LogP contribution in [0.2, 0.25) is 0 Å². The van der Waals surface area contributed by atoms with Gasteiger partial charge in [0, 0.05) is 31.4 Å². The Balaban J connectivity index is 1.67. The van der Waals surface area contributed by atoms with E-state index in [0.717, 1.165) is 37.0 Å². The lowest BCUT2D eigenvalue weighted by Gasteiger charge is -2.17. The number of thiophene rings is 1. The van der Waals surface area contributed by atoms with Crippen LogP contribution in [-0.2, 0) is 6.54 Å². The predicted molar refractivity (Wildman–Crippen MR) is 87.8 cm³/mol. The molecular weight excluding hydrogens is 280 g/mol. The molecule has 0 aliphatic carbocycles. The molecule has 0 amide bonds. The second-order valence-corrected chi connectivity index (χ2v) is 6.43. The minimum atomic E-state index is 0.349. The number of nitrogens with zero attached hydrogens (tertiary/aromatic N) is 3. The van der Waals surface area contributed by atoms with Gasteiger partial charge in [0.25, 0.3) is 0 Å². The number of nitrogens with one attached hydrogen (secondary N) is 1. The van der Waals surface area contributed by atoms with E-state index in [1.807, 2.05) is 6.92 Å². The van der Waals surface area contributed by atoms with E-state index in [1.165, 1.54) is 18.4 Å². The topological polar surface area (TPSA) is 41.1 Å². The summed E-state index contributed by atoms with van der Waals surface area (Å²) in [5.41, 5.74) is 3.46. The summed E-state index contributed by atoms with van der Waals surface area (Å²) < 4.78 is 0. The van der Waals surface area contributed by atoms with Crippen molar-refractivity contribution in [2.75, 3.05) is 18.0 Å². The fourth-order valence-corrected chi connectivity index (χ4v) is 3.42. The fraction of sp³-hybridized carbons (Fsp3) is 0.500. The van der Waals surface area contributed by atoms with Crippen molar-refractivity contribution in [3.05, 3.63) is 39.8 Å². The molecular formula is C16H22N4S. The van der Waals surface area contributed by atoms with Gasteiger partial charge in [0.2, 0.25) is 5.95 Å². The first-order valence-corrected chi connectivity index (χ1v) is 8.51. The monoisotopic (exact) mass is 302 g/mol. The van der Waals surface area contributed by atoms with Crippen molar-refractivity contribution < 1.29 is 0 Å². The van der Waals surface area contributed by atoms with Crippen LogP contribution >= 0.6 is 11.3 Å². The number of rotatable bonds is 5. The molecule has 112 valence electrons. The zero-order valence-electron chi connectivity index (χ0n) is 12.7. The fourth-order valence-electron chi connectivity index (χ4n) is 2.66. The molecule has 21 heavy (non-hydrogen) atoms. The Morgan fingerprint density at radius 2 is 2.14 bits per heavy atom. The lowest BCUT2D eigenvalue weighted by atomic mass is 10.2. The molecule has 1 saturated heterocycles. The SMILES string of the molecule is Cc1cc(CNC(C)c2ccsc2)nc(N2CCCC2)n1. The first kappa shape index (κ1) is 14.5. The highest BCUT2D eigenvalue weighted by Crippen LogP contribution is 2.18. The van der Waals surface area contributed by atoms with Crippen LogP contribution in [0.4, 0.5) is 5.95 Å². The molecule has 1 unspecified atom stereocenters. The van der Waals surface area contributed by atoms with Crippen molar-refractivity contribution in [2.45, 2.75) is 39.3 Å². The number of hydrogen-bond donors (Lipinski definition) is 1. The van der Waals surface area contributed by atoms with Crippen LogP contribution in [0, 0.1) is 6.92 Å². The maximum Gasteiger partial charge on any atom is 0.225 e. The molecule has 0 radical (unpaired) electrons. The molecule has 1 N–H and O–H groups in total. The summed E-state index contributed by atoms with van der Waals surface area (Å²) in [6, 6.07) is 4.60. The van der Waals surface area contributed by atoms with Crippen molar-refractivity contribution in [2.24, 2.45) is 0 Å². The summed E-state index contributed by atoms with van der Waals surface area (Å²) in [5, 5.41) is 7.86. The minimum Gasteiger partial charge on any atom is -0.341 e. The second-order valence-electron chi connectivity index (χ2n) is 5.65. The smallest absolute Gasteiger partial charge is 0.225 e. The Bertz CT molecular complexity index is 576. The average Bonchev–Trinajstić information content (AvgIpc) is 3.16. The van der Waals surface area contributed by atoms with Gasteiger partial charge in [-0.15, -0.1) is 0 Å². The third-order valence-electron chi connectivity index (χ3n) is 3.92. The maximum atomic E-state index is 4.72. The lowest BCUT2D eigenvalue weighted by Crippen LogP contribution is -2.23. The summed E-state index contributed by atoms with van der Waals surface area (Å²) in [4.78, 5) is 11.6. The largest absolute Gasteiger partial charge is 0.341 e. The molecule has 0 aromatic carbocycles. The van der Waals surface area contributed by atoms with Crippen molar-refractivity contribution >= 4 is 17.3 Å². The Labute approximate surface area is 130 Å². The Morgan fingerprint density at radius 3 is 2.86 bits per heavy atom. The first-order valence-electron chi connectivity index (χ1n) is 7.57. The van der Waals surface area contributed by atoms with Gasteiger partial charge in [-0.1, -0.05) is 0 Å². The molecule has 4 nitrogen and oxygen atoms in total. The molecule has 3 rings (SSSR count). The number of anilines is 1. The normalized spacial score (nSPS) is 16.4. The third kappa shape index (κ3) is 3.60. The molecule has 1 atom stereocenters. The average molecular weight is 302 g/mol. The third-order valence-corrected chi connectivity index (χ3v) is 4.62. The van der Waals surface area contributed by atoms with Gasteiger partial charge < -0.3 is 10.2 Å². The van der Waals surface area contributed by atoms with E-state index in [1.54, 1.807) is 11.3 Å². The Hall–Kier alpha value is -1.46. The van der Waals surface area contributed by atoms with Crippen LogP contribution in [0.15, 0.2) is 22.9 Å². The van der Waals surface area contributed by atoms with Crippen LogP contribution in [0.25, 0.3) is 0 Å². The highest BCUT2D eigenvalue weighted by Gasteiger charge is 2.16. The van der Waals surface area contributed by atoms with Crippen LogP contribution < -0.4 is 10.2 Å². The number of hydrogen-bond acceptors (Lipinski definition) is 5. The van der Waals surface area contributed by atoms with Gasteiger partial charge in [-0.05, 0) is 55.1 Å². The van der Waals surface area contributed by atoms with Crippen LogP contribution in [0.5, 0.6) is 0 Å². The van der Waals surface area contributed by atoms with Crippen molar-refractivity contribution in [3.63, 3.8) is 0 Å². The van der Waals surface area contributed by atoms with E-state index >= 15 is 0 Å². The van der Waals surface area contributed by atoms with E-state index < -0.39 is 0 Å². The van der Waals surface area contributed by atoms with Gasteiger partial charge in [-0.25, -0.2) is 9.97 Å². The maximum absolute atomic E-state index is 4.72. The molecule has 1 fully saturated rings. The van der Waals surface area contributed by atoms with Crippen LogP contribution in [0.1, 0.15) is 42.8 Å². The number of aryl methyl sites for hydroxylation is 1. The number of aromatic nitrogens is 2. The van der Waals surface area contributed by atoms with Gasteiger partial charge in [0.05, 0.1) is 5.69 Å². The highest BCUT2D eigenvalue weighted by molar-refractivity contribution is 7.07. The molecule has 1 aliphatic rings. The van der Waals surface area contributed by atoms with Crippen molar-refractivity contribution in [3.8, 4) is 0 Å². The highest BCUT2D eigenvalue weighted by atomic mass is 32.1. The molecule has 3 heterocycles. The summed E-state index contributed by atoms with van der Waals surface area (Å²) in [6.07, 6.45) is 2.50. The van der Waals surface area contributed by atoms with Crippen LogP contribution in [-0.4, -0.2) is 23.1 Å². The molecule has 0 bridgehead atoms. The molecule has 2 aromatic rings. The van der Waals surface area contributed by atoms with Gasteiger partial charge in [0.15, 0.2) is 0 Å². The van der Waals surface area contributed by atoms with E-state index in [0.29, 0.717) is 6.04 Å². The minimum absolute atomic E-state index is 0.349. The summed E-state index contributed by atoms with van der Waals surface area (Å²) in [6.45, 7) is 7.19. The first-order chi connectivity index (χ1) is 10.2. The molecule has 2 aromatic heterocycles. The zero-order chi connectivity index (χ0) is 14.7.